The van der Waals surface area contributed by atoms with Gasteiger partial charge in [0, 0.05) is 11.6 Å². The number of benzene rings is 1. The summed E-state index contributed by atoms with van der Waals surface area (Å²) in [6.45, 7) is 3.05. The van der Waals surface area contributed by atoms with E-state index in [1.54, 1.807) is 20.1 Å². The Bertz CT molecular complexity index is 752. The number of methoxy groups -OCH3 is 1. The van der Waals surface area contributed by atoms with E-state index in [0.717, 1.165) is 11.1 Å². The molecule has 6 heteroatoms. The zero-order chi connectivity index (χ0) is 18.6. The highest BCUT2D eigenvalue weighted by Crippen LogP contribution is 2.50. The maximum absolute atomic E-state index is 11.7. The second kappa shape index (κ2) is 7.69. The number of esters is 1. The van der Waals surface area contributed by atoms with Crippen LogP contribution in [0, 0.1) is 11.3 Å². The number of rotatable bonds is 4. The predicted octanol–water partition coefficient (Wildman–Crippen LogP) is 3.29. The number of carbonyl (C=O) groups excluding carboxylic acids is 1. The van der Waals surface area contributed by atoms with E-state index in [9.17, 15) is 10.1 Å². The smallest absolute Gasteiger partial charge is 0.330 e. The lowest BCUT2D eigenvalue weighted by Gasteiger charge is -2.35. The molecule has 6 nitrogen and oxygen atoms in total. The minimum atomic E-state index is -0.664. The number of allylic oxidation sites excluding steroid dienone is 1. The number of nitriles is 1. The number of ether oxygens (including phenoxy) is 4. The number of hydrogen-bond acceptors (Lipinski definition) is 6. The molecule has 138 valence electrons. The summed E-state index contributed by atoms with van der Waals surface area (Å²) in [6, 6.07) is 6.22. The average molecular weight is 357 g/mol. The molecular formula is C20H23NO5. The van der Waals surface area contributed by atoms with Crippen molar-refractivity contribution in [3.63, 3.8) is 0 Å². The molecule has 0 atom stereocenters. The Morgan fingerprint density at radius 1 is 1.27 bits per heavy atom. The zero-order valence-electron chi connectivity index (χ0n) is 15.2. The highest BCUT2D eigenvalue weighted by atomic mass is 16.6. The Morgan fingerprint density at radius 3 is 2.58 bits per heavy atom. The molecule has 0 unspecified atom stereocenters. The SMILES string of the molecule is CCOC(=O)C=C1CCC(C#N)(c2ccc(OC)c3c2OCCO3)CC1. The Hall–Kier alpha value is -2.68. The van der Waals surface area contributed by atoms with Crippen molar-refractivity contribution in [1.82, 2.24) is 0 Å². The van der Waals surface area contributed by atoms with Crippen LogP contribution in [0.15, 0.2) is 23.8 Å². The second-order valence-corrected chi connectivity index (χ2v) is 6.42. The summed E-state index contributed by atoms with van der Waals surface area (Å²) in [6.07, 6.45) is 4.16. The fourth-order valence-electron chi connectivity index (χ4n) is 3.58. The molecule has 26 heavy (non-hydrogen) atoms. The molecule has 1 aliphatic carbocycles. The minimum absolute atomic E-state index is 0.314. The summed E-state index contributed by atoms with van der Waals surface area (Å²) < 4.78 is 21.9. The van der Waals surface area contributed by atoms with Gasteiger partial charge in [0.1, 0.15) is 13.2 Å². The average Bonchev–Trinajstić information content (AvgIpc) is 2.68. The van der Waals surface area contributed by atoms with Crippen LogP contribution in [0.3, 0.4) is 0 Å². The summed E-state index contributed by atoms with van der Waals surface area (Å²) in [5.41, 5.74) is 1.20. The van der Waals surface area contributed by atoms with Gasteiger partial charge in [-0.1, -0.05) is 5.57 Å². The third kappa shape index (κ3) is 3.34. The van der Waals surface area contributed by atoms with Crippen LogP contribution in [0.25, 0.3) is 0 Å². The largest absolute Gasteiger partial charge is 0.493 e. The topological polar surface area (TPSA) is 77.8 Å². The maximum atomic E-state index is 11.7. The molecule has 0 radical (unpaired) electrons. The van der Waals surface area contributed by atoms with Crippen LogP contribution < -0.4 is 14.2 Å². The van der Waals surface area contributed by atoms with Gasteiger partial charge in [0.25, 0.3) is 0 Å². The normalized spacial score (nSPS) is 21.5. The van der Waals surface area contributed by atoms with Crippen molar-refractivity contribution in [2.75, 3.05) is 26.9 Å². The minimum Gasteiger partial charge on any atom is -0.493 e. The first-order valence-electron chi connectivity index (χ1n) is 8.88. The van der Waals surface area contributed by atoms with Crippen molar-refractivity contribution in [1.29, 1.82) is 5.26 Å². The number of fused-ring (bicyclic) bond motifs is 1. The lowest BCUT2D eigenvalue weighted by atomic mass is 9.68. The van der Waals surface area contributed by atoms with E-state index in [-0.39, 0.29) is 5.97 Å². The van der Waals surface area contributed by atoms with Gasteiger partial charge in [-0.05, 0) is 44.7 Å². The van der Waals surface area contributed by atoms with Crippen molar-refractivity contribution >= 4 is 5.97 Å². The number of carbonyl (C=O) groups is 1. The fraction of sp³-hybridized carbons (Fsp3) is 0.500. The van der Waals surface area contributed by atoms with Crippen LogP contribution in [0.5, 0.6) is 17.2 Å². The van der Waals surface area contributed by atoms with Gasteiger partial charge in [-0.15, -0.1) is 0 Å². The molecule has 0 saturated heterocycles. The quantitative estimate of drug-likeness (QED) is 0.608. The van der Waals surface area contributed by atoms with Gasteiger partial charge in [-0.3, -0.25) is 0 Å². The second-order valence-electron chi connectivity index (χ2n) is 6.42. The van der Waals surface area contributed by atoms with Gasteiger partial charge in [0.2, 0.25) is 5.75 Å². The van der Waals surface area contributed by atoms with E-state index in [4.69, 9.17) is 18.9 Å². The Labute approximate surface area is 153 Å². The molecule has 0 amide bonds. The van der Waals surface area contributed by atoms with Gasteiger partial charge in [-0.2, -0.15) is 5.26 Å². The number of hydrogen-bond donors (Lipinski definition) is 0. The first-order chi connectivity index (χ1) is 12.6. The summed E-state index contributed by atoms with van der Waals surface area (Å²) >= 11 is 0. The lowest BCUT2D eigenvalue weighted by Crippen LogP contribution is -2.30. The van der Waals surface area contributed by atoms with E-state index >= 15 is 0 Å². The van der Waals surface area contributed by atoms with Gasteiger partial charge in [0.05, 0.1) is 25.2 Å². The first-order valence-corrected chi connectivity index (χ1v) is 8.88. The highest BCUT2D eigenvalue weighted by molar-refractivity contribution is 5.82. The van der Waals surface area contributed by atoms with Crippen LogP contribution in [0.2, 0.25) is 0 Å². The Morgan fingerprint density at radius 2 is 1.96 bits per heavy atom. The molecule has 1 aromatic carbocycles. The third-order valence-electron chi connectivity index (χ3n) is 4.96. The monoisotopic (exact) mass is 357 g/mol. The van der Waals surface area contributed by atoms with Crippen molar-refractivity contribution in [3.05, 3.63) is 29.3 Å². The molecule has 1 aliphatic heterocycles. The van der Waals surface area contributed by atoms with Crippen molar-refractivity contribution in [2.45, 2.75) is 38.0 Å². The van der Waals surface area contributed by atoms with Gasteiger partial charge in [-0.25, -0.2) is 4.79 Å². The molecular weight excluding hydrogens is 334 g/mol. The van der Waals surface area contributed by atoms with Gasteiger partial charge in [0.15, 0.2) is 11.5 Å². The van der Waals surface area contributed by atoms with Crippen LogP contribution in [0.1, 0.15) is 38.2 Å². The van der Waals surface area contributed by atoms with E-state index in [2.05, 4.69) is 6.07 Å². The van der Waals surface area contributed by atoms with Gasteiger partial charge >= 0.3 is 5.97 Å². The molecule has 1 heterocycles. The Kier molecular flexibility index (Phi) is 5.36. The first kappa shape index (κ1) is 18.1. The number of nitrogens with zero attached hydrogens (tertiary/aromatic N) is 1. The zero-order valence-corrected chi connectivity index (χ0v) is 15.2. The van der Waals surface area contributed by atoms with Crippen LogP contribution in [-0.2, 0) is 14.9 Å². The van der Waals surface area contributed by atoms with Crippen LogP contribution >= 0.6 is 0 Å². The summed E-state index contributed by atoms with van der Waals surface area (Å²) in [4.78, 5) is 11.7. The van der Waals surface area contributed by atoms with E-state index in [1.807, 2.05) is 12.1 Å². The van der Waals surface area contributed by atoms with Crippen LogP contribution in [0.4, 0.5) is 0 Å². The van der Waals surface area contributed by atoms with Crippen molar-refractivity contribution in [3.8, 4) is 23.3 Å². The summed E-state index contributed by atoms with van der Waals surface area (Å²) in [5.74, 6) is 1.47. The fourth-order valence-corrected chi connectivity index (χ4v) is 3.58. The Balaban J connectivity index is 1.89. The lowest BCUT2D eigenvalue weighted by molar-refractivity contribution is -0.137. The van der Waals surface area contributed by atoms with Crippen molar-refractivity contribution in [2.24, 2.45) is 0 Å². The van der Waals surface area contributed by atoms with E-state index < -0.39 is 5.41 Å². The molecule has 0 N–H and O–H groups in total. The highest BCUT2D eigenvalue weighted by Gasteiger charge is 2.40. The van der Waals surface area contributed by atoms with Crippen LogP contribution in [-0.4, -0.2) is 32.9 Å². The predicted molar refractivity (Wildman–Crippen MR) is 94.5 cm³/mol. The molecule has 1 aromatic rings. The molecule has 0 aromatic heterocycles. The molecule has 2 aliphatic rings. The standard InChI is InChI=1S/C20H23NO5/c1-3-24-17(22)12-14-6-8-20(13-21,9-7-14)15-4-5-16(23-2)19-18(15)25-10-11-26-19/h4-5,12H,3,6-11H2,1-2H3. The molecule has 0 bridgehead atoms. The third-order valence-corrected chi connectivity index (χ3v) is 4.96. The van der Waals surface area contributed by atoms with Crippen molar-refractivity contribution < 1.29 is 23.7 Å². The van der Waals surface area contributed by atoms with E-state index in [1.165, 1.54) is 0 Å². The van der Waals surface area contributed by atoms with E-state index in [0.29, 0.717) is 62.8 Å². The molecule has 1 saturated carbocycles. The summed E-state index contributed by atoms with van der Waals surface area (Å²) in [5, 5.41) is 9.99. The molecule has 0 spiro atoms. The molecule has 1 fully saturated rings. The van der Waals surface area contributed by atoms with Gasteiger partial charge < -0.3 is 18.9 Å². The maximum Gasteiger partial charge on any atom is 0.330 e. The summed E-state index contributed by atoms with van der Waals surface area (Å²) in [7, 11) is 1.58. The molecule has 3 rings (SSSR count).